The first kappa shape index (κ1) is 19.3. The molecule has 0 atom stereocenters. The van der Waals surface area contributed by atoms with E-state index in [1.165, 1.54) is 47.9 Å². The van der Waals surface area contributed by atoms with E-state index in [9.17, 15) is 13.2 Å². The highest BCUT2D eigenvalue weighted by atomic mass is 79.9. The molecule has 0 aliphatic rings. The third-order valence-electron chi connectivity index (χ3n) is 3.36. The van der Waals surface area contributed by atoms with Crippen LogP contribution in [-0.4, -0.2) is 19.3 Å². The van der Waals surface area contributed by atoms with Crippen LogP contribution in [0.5, 0.6) is 0 Å². The van der Waals surface area contributed by atoms with Gasteiger partial charge in [0.2, 0.25) is 5.91 Å². The zero-order valence-electron chi connectivity index (χ0n) is 13.8. The van der Waals surface area contributed by atoms with Crippen LogP contribution in [0.3, 0.4) is 0 Å². The number of rotatable bonds is 6. The average Bonchev–Trinajstić information content (AvgIpc) is 3.13. The van der Waals surface area contributed by atoms with Crippen molar-refractivity contribution in [2.24, 2.45) is 0 Å². The Morgan fingerprint density at radius 1 is 1.15 bits per heavy atom. The second kappa shape index (κ2) is 8.47. The van der Waals surface area contributed by atoms with E-state index in [2.05, 4.69) is 31.0 Å². The van der Waals surface area contributed by atoms with Gasteiger partial charge in [0.05, 0.1) is 4.90 Å². The quantitative estimate of drug-likeness (QED) is 0.531. The van der Waals surface area contributed by atoms with Crippen LogP contribution >= 0.6 is 27.3 Å². The smallest absolute Gasteiger partial charge is 0.263 e. The van der Waals surface area contributed by atoms with Gasteiger partial charge in [0.1, 0.15) is 0 Å². The number of sulfonamides is 1. The molecule has 0 radical (unpaired) electrons. The third-order valence-corrected chi connectivity index (χ3v) is 6.03. The Morgan fingerprint density at radius 2 is 1.93 bits per heavy atom. The van der Waals surface area contributed by atoms with Gasteiger partial charge in [-0.05, 0) is 48.0 Å². The fraction of sp³-hybridized carbons (Fsp3) is 0. The molecule has 3 aromatic rings. The minimum atomic E-state index is -3.71. The van der Waals surface area contributed by atoms with Gasteiger partial charge < -0.3 is 5.32 Å². The normalized spacial score (nSPS) is 11.4. The molecule has 0 fully saturated rings. The molecule has 0 aliphatic carbocycles. The second-order valence-electron chi connectivity index (χ2n) is 5.34. The molecule has 6 nitrogen and oxygen atoms in total. The lowest BCUT2D eigenvalue weighted by Gasteiger charge is -2.07. The first-order chi connectivity index (χ1) is 12.9. The summed E-state index contributed by atoms with van der Waals surface area (Å²) in [6, 6.07) is 13.4. The summed E-state index contributed by atoms with van der Waals surface area (Å²) in [5, 5.41) is 4.66. The van der Waals surface area contributed by atoms with E-state index in [0.29, 0.717) is 10.8 Å². The molecule has 3 rings (SSSR count). The predicted molar refractivity (Wildman–Crippen MR) is 111 cm³/mol. The Kier molecular flexibility index (Phi) is 6.04. The molecule has 0 saturated heterocycles. The lowest BCUT2D eigenvalue weighted by molar-refractivity contribution is -0.111. The van der Waals surface area contributed by atoms with Crippen LogP contribution < -0.4 is 10.0 Å². The number of anilines is 2. The molecule has 1 amide bonds. The monoisotopic (exact) mass is 463 g/mol. The maximum absolute atomic E-state index is 12.3. The number of carbonyl (C=O) groups is 1. The molecule has 1 aromatic heterocycles. The zero-order chi connectivity index (χ0) is 19.3. The minimum absolute atomic E-state index is 0.0837. The van der Waals surface area contributed by atoms with Crippen molar-refractivity contribution in [3.8, 4) is 0 Å². The van der Waals surface area contributed by atoms with E-state index in [1.807, 2.05) is 24.3 Å². The molecule has 138 valence electrons. The van der Waals surface area contributed by atoms with Crippen LogP contribution in [0.2, 0.25) is 0 Å². The first-order valence-electron chi connectivity index (χ1n) is 7.69. The van der Waals surface area contributed by atoms with Crippen LogP contribution in [-0.2, 0) is 14.8 Å². The van der Waals surface area contributed by atoms with Crippen molar-refractivity contribution in [2.75, 3.05) is 10.0 Å². The molecular formula is C18H14BrN3O3S2. The van der Waals surface area contributed by atoms with E-state index in [-0.39, 0.29) is 10.8 Å². The van der Waals surface area contributed by atoms with Crippen molar-refractivity contribution >= 4 is 60.1 Å². The largest absolute Gasteiger partial charge is 0.323 e. The summed E-state index contributed by atoms with van der Waals surface area (Å²) in [5.41, 5.74) is 1.38. The predicted octanol–water partition coefficient (Wildman–Crippen LogP) is 4.36. The maximum atomic E-state index is 12.3. The second-order valence-corrected chi connectivity index (χ2v) is 8.84. The Labute approximate surface area is 169 Å². The molecule has 27 heavy (non-hydrogen) atoms. The molecule has 0 aliphatic heterocycles. The highest BCUT2D eigenvalue weighted by Gasteiger charge is 2.15. The van der Waals surface area contributed by atoms with Crippen molar-refractivity contribution in [1.82, 2.24) is 4.98 Å². The summed E-state index contributed by atoms with van der Waals surface area (Å²) < 4.78 is 27.9. The minimum Gasteiger partial charge on any atom is -0.323 e. The van der Waals surface area contributed by atoms with E-state index >= 15 is 0 Å². The van der Waals surface area contributed by atoms with Gasteiger partial charge in [-0.1, -0.05) is 28.1 Å². The van der Waals surface area contributed by atoms with Crippen LogP contribution in [0.25, 0.3) is 6.08 Å². The van der Waals surface area contributed by atoms with Gasteiger partial charge in [-0.2, -0.15) is 0 Å². The van der Waals surface area contributed by atoms with Crippen LogP contribution in [0.4, 0.5) is 10.8 Å². The number of halogens is 1. The van der Waals surface area contributed by atoms with Crippen molar-refractivity contribution < 1.29 is 13.2 Å². The lowest BCUT2D eigenvalue weighted by atomic mass is 10.2. The highest BCUT2D eigenvalue weighted by molar-refractivity contribution is 9.10. The standard InChI is InChI=1S/C18H14BrN3O3S2/c19-14-3-1-2-13(12-14)4-9-17(23)21-15-5-7-16(8-6-15)27(24,25)22-18-20-10-11-26-18/h1-12H,(H,20,22)(H,21,23). The topological polar surface area (TPSA) is 88.2 Å². The van der Waals surface area contributed by atoms with E-state index < -0.39 is 10.0 Å². The summed E-state index contributed by atoms with van der Waals surface area (Å²) in [5.74, 6) is -0.313. The lowest BCUT2D eigenvalue weighted by Crippen LogP contribution is -2.13. The fourth-order valence-electron chi connectivity index (χ4n) is 2.13. The van der Waals surface area contributed by atoms with Gasteiger partial charge in [-0.3, -0.25) is 9.52 Å². The molecule has 0 unspecified atom stereocenters. The molecule has 1 heterocycles. The number of nitrogens with zero attached hydrogens (tertiary/aromatic N) is 1. The molecule has 9 heteroatoms. The van der Waals surface area contributed by atoms with Gasteiger partial charge in [0.15, 0.2) is 5.13 Å². The zero-order valence-corrected chi connectivity index (χ0v) is 17.0. The van der Waals surface area contributed by atoms with Crippen molar-refractivity contribution in [1.29, 1.82) is 0 Å². The van der Waals surface area contributed by atoms with Gasteiger partial charge >= 0.3 is 0 Å². The average molecular weight is 464 g/mol. The first-order valence-corrected chi connectivity index (χ1v) is 10.8. The number of aromatic nitrogens is 1. The highest BCUT2D eigenvalue weighted by Crippen LogP contribution is 2.19. The number of hydrogen-bond donors (Lipinski definition) is 2. The molecule has 2 N–H and O–H groups in total. The summed E-state index contributed by atoms with van der Waals surface area (Å²) in [7, 11) is -3.71. The molecular weight excluding hydrogens is 450 g/mol. The van der Waals surface area contributed by atoms with Crippen LogP contribution in [0.15, 0.2) is 75.6 Å². The van der Waals surface area contributed by atoms with Crippen molar-refractivity contribution in [3.05, 3.63) is 76.2 Å². The number of nitrogens with one attached hydrogen (secondary N) is 2. The Balaban J connectivity index is 1.64. The van der Waals surface area contributed by atoms with Gasteiger partial charge in [0.25, 0.3) is 10.0 Å². The van der Waals surface area contributed by atoms with Crippen molar-refractivity contribution in [3.63, 3.8) is 0 Å². The fourth-order valence-corrected chi connectivity index (χ4v) is 4.34. The van der Waals surface area contributed by atoms with E-state index in [4.69, 9.17) is 0 Å². The third kappa shape index (κ3) is 5.49. The number of amides is 1. The molecule has 0 bridgehead atoms. The summed E-state index contributed by atoms with van der Waals surface area (Å²) in [6.07, 6.45) is 4.62. The summed E-state index contributed by atoms with van der Waals surface area (Å²) in [6.45, 7) is 0. The van der Waals surface area contributed by atoms with Gasteiger partial charge in [0, 0.05) is 27.8 Å². The van der Waals surface area contributed by atoms with Crippen molar-refractivity contribution in [2.45, 2.75) is 4.90 Å². The Hall–Kier alpha value is -2.49. The maximum Gasteiger partial charge on any atom is 0.263 e. The van der Waals surface area contributed by atoms with E-state index in [1.54, 1.807) is 11.5 Å². The van der Waals surface area contributed by atoms with Gasteiger partial charge in [-0.25, -0.2) is 13.4 Å². The van der Waals surface area contributed by atoms with Gasteiger partial charge in [-0.15, -0.1) is 11.3 Å². The number of carbonyl (C=O) groups excluding carboxylic acids is 1. The van der Waals surface area contributed by atoms with Crippen LogP contribution in [0.1, 0.15) is 5.56 Å². The number of hydrogen-bond acceptors (Lipinski definition) is 5. The molecule has 0 spiro atoms. The SMILES string of the molecule is O=C(C=Cc1cccc(Br)c1)Nc1ccc(S(=O)(=O)Nc2nccs2)cc1. The van der Waals surface area contributed by atoms with E-state index in [0.717, 1.165) is 10.0 Å². The molecule has 2 aromatic carbocycles. The Bertz CT molecular complexity index is 1060. The number of thiazole rings is 1. The summed E-state index contributed by atoms with van der Waals surface area (Å²) in [4.78, 5) is 16.0. The summed E-state index contributed by atoms with van der Waals surface area (Å²) >= 11 is 4.56. The number of benzene rings is 2. The molecule has 0 saturated carbocycles. The Morgan fingerprint density at radius 3 is 2.59 bits per heavy atom. The van der Waals surface area contributed by atoms with Crippen LogP contribution in [0, 0.1) is 0 Å².